The van der Waals surface area contributed by atoms with Crippen LogP contribution in [0.5, 0.6) is 0 Å². The molecule has 0 radical (unpaired) electrons. The Hall–Kier alpha value is -2.25. The Morgan fingerprint density at radius 1 is 1.35 bits per heavy atom. The molecule has 1 fully saturated rings. The van der Waals surface area contributed by atoms with Gasteiger partial charge in [-0.1, -0.05) is 6.07 Å². The van der Waals surface area contributed by atoms with Gasteiger partial charge < -0.3 is 9.64 Å². The molecule has 0 saturated carbocycles. The number of aryl methyl sites for hydroxylation is 2. The largest absolute Gasteiger partial charge is 0.379 e. The Morgan fingerprint density at radius 3 is 2.81 bits per heavy atom. The molecule has 3 heterocycles. The lowest BCUT2D eigenvalue weighted by Gasteiger charge is -2.35. The summed E-state index contributed by atoms with van der Waals surface area (Å²) >= 11 is 0. The first-order valence-electron chi connectivity index (χ1n) is 9.09. The highest BCUT2D eigenvalue weighted by molar-refractivity contribution is 5.83. The van der Waals surface area contributed by atoms with Gasteiger partial charge in [0.2, 0.25) is 5.91 Å². The molecule has 7 heteroatoms. The molecule has 0 spiro atoms. The molecule has 1 aliphatic rings. The number of rotatable bonds is 7. The number of morpholine rings is 1. The topological polar surface area (TPSA) is 63.5 Å². The van der Waals surface area contributed by atoms with Crippen molar-refractivity contribution in [1.29, 1.82) is 0 Å². The zero-order valence-electron chi connectivity index (χ0n) is 15.5. The van der Waals surface area contributed by atoms with Crippen molar-refractivity contribution in [3.8, 4) is 0 Å². The average Bonchev–Trinajstić information content (AvgIpc) is 3.08. The summed E-state index contributed by atoms with van der Waals surface area (Å²) in [5.41, 5.74) is 2.14. The van der Waals surface area contributed by atoms with Crippen molar-refractivity contribution in [3.63, 3.8) is 0 Å². The van der Waals surface area contributed by atoms with Crippen molar-refractivity contribution in [2.75, 3.05) is 39.9 Å². The van der Waals surface area contributed by atoms with E-state index in [-0.39, 0.29) is 11.9 Å². The summed E-state index contributed by atoms with van der Waals surface area (Å²) in [6, 6.07) is 3.57. The SMILES string of the molecule is CN(CCCc1cnn(C)c1)C(=O)C(c1cccnc1)N1CCOCC1. The van der Waals surface area contributed by atoms with Crippen LogP contribution in [0.15, 0.2) is 36.9 Å². The van der Waals surface area contributed by atoms with Gasteiger partial charge in [-0.25, -0.2) is 0 Å². The van der Waals surface area contributed by atoms with E-state index in [1.54, 1.807) is 17.1 Å². The van der Waals surface area contributed by atoms with E-state index in [1.165, 1.54) is 5.56 Å². The van der Waals surface area contributed by atoms with Crippen molar-refractivity contribution in [1.82, 2.24) is 24.6 Å². The molecule has 140 valence electrons. The third-order valence-electron chi connectivity index (χ3n) is 4.74. The second-order valence-electron chi connectivity index (χ2n) is 6.72. The number of amides is 1. The van der Waals surface area contributed by atoms with Crippen LogP contribution in [0.1, 0.15) is 23.6 Å². The van der Waals surface area contributed by atoms with Gasteiger partial charge in [-0.05, 0) is 30.0 Å². The van der Waals surface area contributed by atoms with Gasteiger partial charge >= 0.3 is 0 Å². The van der Waals surface area contributed by atoms with Crippen LogP contribution < -0.4 is 0 Å². The Bertz CT molecular complexity index is 697. The monoisotopic (exact) mass is 357 g/mol. The standard InChI is InChI=1S/C19H27N5O2/c1-22(8-4-5-16-13-21-23(2)15-16)19(25)18(17-6-3-7-20-14-17)24-9-11-26-12-10-24/h3,6-7,13-15,18H,4-5,8-12H2,1-2H3. The van der Waals surface area contributed by atoms with Gasteiger partial charge in [0.1, 0.15) is 6.04 Å². The van der Waals surface area contributed by atoms with E-state index in [0.29, 0.717) is 13.2 Å². The fourth-order valence-electron chi connectivity index (χ4n) is 3.32. The molecule has 0 aromatic carbocycles. The summed E-state index contributed by atoms with van der Waals surface area (Å²) in [6.45, 7) is 3.56. The smallest absolute Gasteiger partial charge is 0.244 e. The van der Waals surface area contributed by atoms with Crippen molar-refractivity contribution in [3.05, 3.63) is 48.0 Å². The van der Waals surface area contributed by atoms with E-state index >= 15 is 0 Å². The number of hydrogen-bond acceptors (Lipinski definition) is 5. The van der Waals surface area contributed by atoms with Gasteiger partial charge in [0, 0.05) is 52.3 Å². The molecule has 1 saturated heterocycles. The minimum absolute atomic E-state index is 0.117. The highest BCUT2D eigenvalue weighted by Crippen LogP contribution is 2.23. The molecule has 2 aromatic rings. The molecular formula is C19H27N5O2. The number of aromatic nitrogens is 3. The number of carbonyl (C=O) groups is 1. The zero-order chi connectivity index (χ0) is 18.4. The van der Waals surface area contributed by atoms with Crippen LogP contribution in [0.2, 0.25) is 0 Å². The number of carbonyl (C=O) groups excluding carboxylic acids is 1. The van der Waals surface area contributed by atoms with E-state index in [2.05, 4.69) is 15.0 Å². The molecule has 0 aliphatic carbocycles. The van der Waals surface area contributed by atoms with E-state index in [4.69, 9.17) is 4.74 Å². The van der Waals surface area contributed by atoms with E-state index in [0.717, 1.165) is 38.0 Å². The quantitative estimate of drug-likeness (QED) is 0.747. The third kappa shape index (κ3) is 4.68. The Balaban J connectivity index is 1.63. The summed E-state index contributed by atoms with van der Waals surface area (Å²) in [7, 11) is 3.80. The molecule has 7 nitrogen and oxygen atoms in total. The summed E-state index contributed by atoms with van der Waals surface area (Å²) in [5, 5.41) is 4.19. The number of ether oxygens (including phenoxy) is 1. The minimum atomic E-state index is -0.295. The lowest BCUT2D eigenvalue weighted by Crippen LogP contribution is -2.46. The van der Waals surface area contributed by atoms with E-state index in [1.807, 2.05) is 43.5 Å². The predicted octanol–water partition coefficient (Wildman–Crippen LogP) is 1.28. The number of nitrogens with zero attached hydrogens (tertiary/aromatic N) is 5. The molecule has 3 rings (SSSR count). The van der Waals surface area contributed by atoms with E-state index in [9.17, 15) is 4.79 Å². The van der Waals surface area contributed by atoms with Crippen LogP contribution >= 0.6 is 0 Å². The maximum absolute atomic E-state index is 13.2. The maximum Gasteiger partial charge on any atom is 0.244 e. The molecule has 1 amide bonds. The summed E-state index contributed by atoms with van der Waals surface area (Å²) < 4.78 is 7.26. The molecule has 0 N–H and O–H groups in total. The van der Waals surface area contributed by atoms with Crippen molar-refractivity contribution in [2.45, 2.75) is 18.9 Å². The van der Waals surface area contributed by atoms with Gasteiger partial charge in [0.05, 0.1) is 19.4 Å². The lowest BCUT2D eigenvalue weighted by atomic mass is 10.0. The second kappa shape index (κ2) is 8.91. The fourth-order valence-corrected chi connectivity index (χ4v) is 3.32. The number of hydrogen-bond donors (Lipinski definition) is 0. The summed E-state index contributed by atoms with van der Waals surface area (Å²) in [5.74, 6) is 0.117. The van der Waals surface area contributed by atoms with Gasteiger partial charge in [0.25, 0.3) is 0 Å². The molecule has 26 heavy (non-hydrogen) atoms. The first-order valence-corrected chi connectivity index (χ1v) is 9.09. The fraction of sp³-hybridized carbons (Fsp3) is 0.526. The highest BCUT2D eigenvalue weighted by atomic mass is 16.5. The summed E-state index contributed by atoms with van der Waals surface area (Å²) in [6.07, 6.45) is 9.27. The van der Waals surface area contributed by atoms with Gasteiger partial charge in [-0.15, -0.1) is 0 Å². The predicted molar refractivity (Wildman–Crippen MR) is 98.5 cm³/mol. The normalized spacial score (nSPS) is 16.4. The first kappa shape index (κ1) is 18.5. The van der Waals surface area contributed by atoms with Crippen molar-refractivity contribution in [2.24, 2.45) is 7.05 Å². The molecule has 2 aromatic heterocycles. The molecule has 0 bridgehead atoms. The van der Waals surface area contributed by atoms with Crippen molar-refractivity contribution >= 4 is 5.91 Å². The first-order chi connectivity index (χ1) is 12.6. The summed E-state index contributed by atoms with van der Waals surface area (Å²) in [4.78, 5) is 21.4. The van der Waals surface area contributed by atoms with Crippen LogP contribution in [-0.2, 0) is 23.0 Å². The third-order valence-corrected chi connectivity index (χ3v) is 4.74. The lowest BCUT2D eigenvalue weighted by molar-refractivity contribution is -0.137. The molecule has 1 aliphatic heterocycles. The van der Waals surface area contributed by atoms with Crippen LogP contribution in [0.25, 0.3) is 0 Å². The number of pyridine rings is 1. The highest BCUT2D eigenvalue weighted by Gasteiger charge is 2.31. The maximum atomic E-state index is 13.2. The van der Waals surface area contributed by atoms with Gasteiger partial charge in [-0.2, -0.15) is 5.10 Å². The second-order valence-corrected chi connectivity index (χ2v) is 6.72. The number of likely N-dealkylation sites (N-methyl/N-ethyl adjacent to an activating group) is 1. The van der Waals surface area contributed by atoms with Gasteiger partial charge in [-0.3, -0.25) is 19.4 Å². The Morgan fingerprint density at radius 2 is 2.15 bits per heavy atom. The van der Waals surface area contributed by atoms with Crippen LogP contribution in [0, 0.1) is 0 Å². The van der Waals surface area contributed by atoms with Crippen LogP contribution in [0.3, 0.4) is 0 Å². The van der Waals surface area contributed by atoms with Gasteiger partial charge in [0.15, 0.2) is 0 Å². The molecule has 1 unspecified atom stereocenters. The zero-order valence-corrected chi connectivity index (χ0v) is 15.5. The van der Waals surface area contributed by atoms with E-state index < -0.39 is 0 Å². The Labute approximate surface area is 154 Å². The Kier molecular flexibility index (Phi) is 6.35. The molecular weight excluding hydrogens is 330 g/mol. The van der Waals surface area contributed by atoms with Crippen LogP contribution in [0.4, 0.5) is 0 Å². The van der Waals surface area contributed by atoms with Crippen LogP contribution in [-0.4, -0.2) is 70.4 Å². The average molecular weight is 357 g/mol. The van der Waals surface area contributed by atoms with Crippen molar-refractivity contribution < 1.29 is 9.53 Å². The minimum Gasteiger partial charge on any atom is -0.379 e. The molecule has 1 atom stereocenters.